The molecule has 0 unspecified atom stereocenters. The van der Waals surface area contributed by atoms with Gasteiger partial charge in [0.25, 0.3) is 5.91 Å². The number of imidazole rings is 1. The fourth-order valence-corrected chi connectivity index (χ4v) is 5.33. The summed E-state index contributed by atoms with van der Waals surface area (Å²) in [6.45, 7) is 3.27. The number of thiazole rings is 1. The molecule has 1 aliphatic heterocycles. The number of carbonyl (C=O) groups excluding carboxylic acids is 1. The highest BCUT2D eigenvalue weighted by Crippen LogP contribution is 2.35. The van der Waals surface area contributed by atoms with Gasteiger partial charge in [0.1, 0.15) is 16.8 Å². The molecule has 0 aromatic carbocycles. The summed E-state index contributed by atoms with van der Waals surface area (Å²) >= 11 is 1.37. The number of rotatable bonds is 8. The van der Waals surface area contributed by atoms with Crippen LogP contribution in [0.4, 0.5) is 11.8 Å². The maximum Gasteiger partial charge on any atom is 0.254 e. The number of morpholine rings is 1. The second kappa shape index (κ2) is 9.89. The van der Waals surface area contributed by atoms with Crippen LogP contribution in [-0.4, -0.2) is 64.7 Å². The van der Waals surface area contributed by atoms with Gasteiger partial charge < -0.3 is 35.3 Å². The summed E-state index contributed by atoms with van der Waals surface area (Å²) < 4.78 is 18.7. The topological polar surface area (TPSA) is 180 Å². The molecule has 6 rings (SSSR count). The number of primary amides is 1. The van der Waals surface area contributed by atoms with Crippen LogP contribution in [0.25, 0.3) is 27.4 Å². The quantitative estimate of drug-likeness (QED) is 0.261. The number of hydrogen-bond donors (Lipinski definition) is 3. The average molecular weight is 537 g/mol. The van der Waals surface area contributed by atoms with E-state index in [0.717, 1.165) is 4.88 Å². The lowest BCUT2D eigenvalue weighted by atomic mass is 10.1. The molecule has 1 fully saturated rings. The van der Waals surface area contributed by atoms with Gasteiger partial charge in [-0.2, -0.15) is 0 Å². The Hall–Kier alpha value is -4.27. The standard InChI is InChI=1S/C24H24N8O5S/c25-1-2-28-24-30-15(18(21(26)34)22-27-3-4-32(22)24)9-13-11-29-23(38-13)14-12-36-20-16(33)10-17(37-19(14)20)31-5-7-35-8-6-31/h3-4,10-12H,1-2,5-9,25H2,(H2,26,34)(H,28,30). The molecule has 0 spiro atoms. The van der Waals surface area contributed by atoms with E-state index in [0.29, 0.717) is 78.7 Å². The summed E-state index contributed by atoms with van der Waals surface area (Å²) in [5.41, 5.74) is 13.2. The van der Waals surface area contributed by atoms with Gasteiger partial charge in [0.05, 0.1) is 30.5 Å². The summed E-state index contributed by atoms with van der Waals surface area (Å²) in [7, 11) is 0. The number of furan rings is 1. The fourth-order valence-electron chi connectivity index (χ4n) is 4.41. The first-order valence-corrected chi connectivity index (χ1v) is 12.8. The SMILES string of the molecule is NCCNc1nc(Cc2cnc(-c3coc4c(=O)cc(N5CCOCC5)oc34)s2)c(C(N)=O)c2nccn12. The van der Waals surface area contributed by atoms with Crippen molar-refractivity contribution >= 4 is 45.9 Å². The van der Waals surface area contributed by atoms with Crippen LogP contribution >= 0.6 is 11.3 Å². The highest BCUT2D eigenvalue weighted by atomic mass is 32.1. The summed E-state index contributed by atoms with van der Waals surface area (Å²) in [6.07, 6.45) is 6.73. The summed E-state index contributed by atoms with van der Waals surface area (Å²) in [4.78, 5) is 41.4. The molecule has 14 heteroatoms. The number of amides is 1. The van der Waals surface area contributed by atoms with Gasteiger partial charge >= 0.3 is 0 Å². The average Bonchev–Trinajstić information content (AvgIpc) is 3.67. The Morgan fingerprint density at radius 2 is 2.05 bits per heavy atom. The molecule has 1 saturated heterocycles. The van der Waals surface area contributed by atoms with Gasteiger partial charge in [-0.25, -0.2) is 15.0 Å². The minimum atomic E-state index is -0.628. The van der Waals surface area contributed by atoms with Crippen molar-refractivity contribution in [1.82, 2.24) is 19.4 Å². The first-order chi connectivity index (χ1) is 18.5. The normalized spacial score (nSPS) is 14.0. The second-order valence-corrected chi connectivity index (χ2v) is 9.74. The van der Waals surface area contributed by atoms with E-state index < -0.39 is 5.91 Å². The number of aromatic nitrogens is 4. The van der Waals surface area contributed by atoms with Crippen molar-refractivity contribution < 1.29 is 18.4 Å². The monoisotopic (exact) mass is 536 g/mol. The first-order valence-electron chi connectivity index (χ1n) is 12.0. The molecule has 196 valence electrons. The molecule has 0 aliphatic carbocycles. The molecule has 0 saturated carbocycles. The molecular formula is C24H24N8O5S. The van der Waals surface area contributed by atoms with E-state index in [1.165, 1.54) is 23.7 Å². The molecule has 0 atom stereocenters. The van der Waals surface area contributed by atoms with Crippen LogP contribution in [0.15, 0.2) is 44.5 Å². The number of nitrogens with two attached hydrogens (primary N) is 2. The van der Waals surface area contributed by atoms with Gasteiger partial charge in [-0.15, -0.1) is 11.3 Å². The predicted octanol–water partition coefficient (Wildman–Crippen LogP) is 1.45. The van der Waals surface area contributed by atoms with Crippen LogP contribution in [0.2, 0.25) is 0 Å². The summed E-state index contributed by atoms with van der Waals surface area (Å²) in [5.74, 6) is 0.342. The van der Waals surface area contributed by atoms with Crippen LogP contribution < -0.4 is 27.1 Å². The van der Waals surface area contributed by atoms with Crippen LogP contribution in [0.1, 0.15) is 20.9 Å². The maximum absolute atomic E-state index is 12.7. The second-order valence-electron chi connectivity index (χ2n) is 8.62. The van der Waals surface area contributed by atoms with Crippen molar-refractivity contribution in [3.05, 3.63) is 57.3 Å². The van der Waals surface area contributed by atoms with Gasteiger partial charge in [-0.1, -0.05) is 0 Å². The first kappa shape index (κ1) is 24.1. The van der Waals surface area contributed by atoms with Crippen LogP contribution in [0.5, 0.6) is 0 Å². The third kappa shape index (κ3) is 4.27. The third-order valence-corrected chi connectivity index (χ3v) is 7.21. The van der Waals surface area contributed by atoms with Crippen molar-refractivity contribution in [2.24, 2.45) is 11.5 Å². The van der Waals surface area contributed by atoms with E-state index >= 15 is 0 Å². The molecule has 13 nitrogen and oxygen atoms in total. The number of fused-ring (bicyclic) bond motifs is 2. The summed E-state index contributed by atoms with van der Waals surface area (Å²) in [5, 5.41) is 3.76. The van der Waals surface area contributed by atoms with Gasteiger partial charge in [-0.3, -0.25) is 14.0 Å². The molecule has 5 N–H and O–H groups in total. The number of ether oxygens (including phenoxy) is 1. The zero-order valence-electron chi connectivity index (χ0n) is 20.2. The van der Waals surface area contributed by atoms with Crippen LogP contribution in [0, 0.1) is 0 Å². The van der Waals surface area contributed by atoms with Crippen molar-refractivity contribution in [2.75, 3.05) is 49.6 Å². The number of nitrogens with one attached hydrogen (secondary N) is 1. The molecule has 1 aliphatic rings. The maximum atomic E-state index is 12.7. The molecule has 0 bridgehead atoms. The Labute approximate surface area is 219 Å². The van der Waals surface area contributed by atoms with Gasteiger partial charge in [0, 0.05) is 56.1 Å². The minimum absolute atomic E-state index is 0.131. The zero-order chi connectivity index (χ0) is 26.2. The van der Waals surface area contributed by atoms with Crippen molar-refractivity contribution in [2.45, 2.75) is 6.42 Å². The van der Waals surface area contributed by atoms with Crippen molar-refractivity contribution in [3.63, 3.8) is 0 Å². The molecule has 38 heavy (non-hydrogen) atoms. The Morgan fingerprint density at radius 3 is 2.84 bits per heavy atom. The van der Waals surface area contributed by atoms with E-state index in [1.54, 1.807) is 23.0 Å². The predicted molar refractivity (Wildman–Crippen MR) is 141 cm³/mol. The smallest absolute Gasteiger partial charge is 0.254 e. The lowest BCUT2D eigenvalue weighted by Crippen LogP contribution is -2.36. The Morgan fingerprint density at radius 1 is 1.21 bits per heavy atom. The van der Waals surface area contributed by atoms with Crippen LogP contribution in [-0.2, 0) is 11.2 Å². The largest absolute Gasteiger partial charge is 0.456 e. The molecule has 5 aromatic rings. The van der Waals surface area contributed by atoms with E-state index in [-0.39, 0.29) is 23.0 Å². The lowest BCUT2D eigenvalue weighted by Gasteiger charge is -2.26. The Bertz CT molecular complexity index is 1700. The van der Waals surface area contributed by atoms with E-state index in [2.05, 4.69) is 20.3 Å². The number of nitrogens with zero attached hydrogens (tertiary/aromatic N) is 5. The van der Waals surface area contributed by atoms with Gasteiger partial charge in [-0.05, 0) is 0 Å². The molecule has 5 aromatic heterocycles. The lowest BCUT2D eigenvalue weighted by molar-refractivity contribution is 0.1000. The Balaban J connectivity index is 1.36. The van der Waals surface area contributed by atoms with E-state index in [9.17, 15) is 9.59 Å². The Kier molecular flexibility index (Phi) is 6.27. The minimum Gasteiger partial charge on any atom is -0.456 e. The van der Waals surface area contributed by atoms with Crippen LogP contribution in [0.3, 0.4) is 0 Å². The highest BCUT2D eigenvalue weighted by Gasteiger charge is 2.23. The van der Waals surface area contributed by atoms with Crippen molar-refractivity contribution in [3.8, 4) is 10.6 Å². The number of anilines is 2. The molecule has 0 radical (unpaired) electrons. The number of hydrogen-bond acceptors (Lipinski definition) is 12. The highest BCUT2D eigenvalue weighted by molar-refractivity contribution is 7.15. The van der Waals surface area contributed by atoms with Gasteiger partial charge in [0.2, 0.25) is 17.0 Å². The van der Waals surface area contributed by atoms with Crippen molar-refractivity contribution in [1.29, 1.82) is 0 Å². The molecule has 1 amide bonds. The molecule has 6 heterocycles. The van der Waals surface area contributed by atoms with Gasteiger partial charge in [0.15, 0.2) is 17.1 Å². The summed E-state index contributed by atoms with van der Waals surface area (Å²) in [6, 6.07) is 1.44. The third-order valence-electron chi connectivity index (χ3n) is 6.17. The zero-order valence-corrected chi connectivity index (χ0v) is 21.0. The van der Waals surface area contributed by atoms with E-state index in [4.69, 9.17) is 25.0 Å². The molecular weight excluding hydrogens is 512 g/mol. The fraction of sp³-hybridized carbons (Fsp3) is 0.292. The number of carbonyl (C=O) groups is 1. The van der Waals surface area contributed by atoms with E-state index in [1.807, 2.05) is 4.90 Å².